The average Bonchev–Trinajstić information content (AvgIpc) is 2.40. The smallest absolute Gasteiger partial charge is 0.131 e. The summed E-state index contributed by atoms with van der Waals surface area (Å²) in [6, 6.07) is 12.5. The number of nitrogen functional groups attached to an aromatic ring is 1. The fraction of sp³-hybridized carbons (Fsp3) is 0.250. The minimum absolute atomic E-state index is 0.144. The van der Waals surface area contributed by atoms with Gasteiger partial charge in [-0.15, -0.1) is 0 Å². The molecule has 0 radical (unpaired) electrons. The second-order valence-corrected chi connectivity index (χ2v) is 4.49. The summed E-state index contributed by atoms with van der Waals surface area (Å²) in [5.74, 6) is 0.394. The predicted molar refractivity (Wildman–Crippen MR) is 75.6 cm³/mol. The molecule has 0 saturated carbocycles. The first-order chi connectivity index (χ1) is 9.20. The second-order valence-electron chi connectivity index (χ2n) is 4.49. The van der Waals surface area contributed by atoms with Crippen molar-refractivity contribution >= 4 is 5.69 Å². The van der Waals surface area contributed by atoms with Gasteiger partial charge in [-0.1, -0.05) is 31.5 Å². The highest BCUT2D eigenvalue weighted by molar-refractivity contribution is 5.47. The van der Waals surface area contributed by atoms with Gasteiger partial charge in [0.1, 0.15) is 18.2 Å². The molecule has 19 heavy (non-hydrogen) atoms. The lowest BCUT2D eigenvalue weighted by Gasteiger charge is -2.10. The van der Waals surface area contributed by atoms with Crippen molar-refractivity contribution in [2.45, 2.75) is 26.4 Å². The molecule has 100 valence electrons. The van der Waals surface area contributed by atoms with Crippen LogP contribution in [0.3, 0.4) is 0 Å². The van der Waals surface area contributed by atoms with Gasteiger partial charge in [-0.3, -0.25) is 0 Å². The van der Waals surface area contributed by atoms with E-state index >= 15 is 0 Å². The summed E-state index contributed by atoms with van der Waals surface area (Å²) < 4.78 is 19.1. The maximum absolute atomic E-state index is 13.6. The number of hydrogen-bond donors (Lipinski definition) is 1. The van der Waals surface area contributed by atoms with E-state index in [0.717, 1.165) is 18.6 Å². The summed E-state index contributed by atoms with van der Waals surface area (Å²) in [7, 11) is 0. The topological polar surface area (TPSA) is 35.2 Å². The maximum Gasteiger partial charge on any atom is 0.131 e. The molecule has 0 saturated heterocycles. The fourth-order valence-corrected chi connectivity index (χ4v) is 1.92. The Kier molecular flexibility index (Phi) is 4.39. The summed E-state index contributed by atoms with van der Waals surface area (Å²) in [4.78, 5) is 0. The van der Waals surface area contributed by atoms with Crippen LogP contribution < -0.4 is 10.5 Å². The van der Waals surface area contributed by atoms with Crippen molar-refractivity contribution in [1.82, 2.24) is 0 Å². The van der Waals surface area contributed by atoms with Crippen molar-refractivity contribution in [2.24, 2.45) is 0 Å². The first-order valence-electron chi connectivity index (χ1n) is 6.45. The third-order valence-corrected chi connectivity index (χ3v) is 3.00. The Morgan fingerprint density at radius 2 is 1.84 bits per heavy atom. The molecule has 0 spiro atoms. The highest BCUT2D eigenvalue weighted by Gasteiger charge is 2.06. The van der Waals surface area contributed by atoms with Gasteiger partial charge in [0.15, 0.2) is 0 Å². The zero-order valence-corrected chi connectivity index (χ0v) is 11.0. The number of hydrogen-bond acceptors (Lipinski definition) is 2. The Morgan fingerprint density at radius 1 is 1.11 bits per heavy atom. The third-order valence-electron chi connectivity index (χ3n) is 3.00. The van der Waals surface area contributed by atoms with Gasteiger partial charge in [-0.2, -0.15) is 0 Å². The highest BCUT2D eigenvalue weighted by Crippen LogP contribution is 2.19. The van der Waals surface area contributed by atoms with Crippen LogP contribution in [-0.4, -0.2) is 0 Å². The number of halogens is 1. The van der Waals surface area contributed by atoms with Crippen LogP contribution in [0.25, 0.3) is 0 Å². The minimum atomic E-state index is -0.331. The molecule has 0 amide bonds. The second kappa shape index (κ2) is 6.23. The Hall–Kier alpha value is -2.03. The number of ether oxygens (including phenoxy) is 1. The van der Waals surface area contributed by atoms with Crippen molar-refractivity contribution < 1.29 is 9.13 Å². The van der Waals surface area contributed by atoms with Gasteiger partial charge in [-0.05, 0) is 36.2 Å². The number of nitrogens with two attached hydrogens (primary N) is 1. The van der Waals surface area contributed by atoms with E-state index in [9.17, 15) is 4.39 Å². The molecule has 0 aliphatic heterocycles. The summed E-state index contributed by atoms with van der Waals surface area (Å²) in [5.41, 5.74) is 7.83. The highest BCUT2D eigenvalue weighted by atomic mass is 19.1. The molecular formula is C16H18FNO. The number of benzene rings is 2. The van der Waals surface area contributed by atoms with Crippen molar-refractivity contribution in [3.8, 4) is 5.75 Å². The fourth-order valence-electron chi connectivity index (χ4n) is 1.92. The molecule has 2 N–H and O–H groups in total. The molecule has 0 aliphatic rings. The van der Waals surface area contributed by atoms with Crippen LogP contribution in [0.15, 0.2) is 42.5 Å². The lowest BCUT2D eigenvalue weighted by atomic mass is 10.1. The zero-order valence-electron chi connectivity index (χ0n) is 11.0. The van der Waals surface area contributed by atoms with Crippen LogP contribution >= 0.6 is 0 Å². The molecule has 0 aliphatic carbocycles. The molecular weight excluding hydrogens is 241 g/mol. The zero-order chi connectivity index (χ0) is 13.7. The van der Waals surface area contributed by atoms with E-state index in [1.807, 2.05) is 24.3 Å². The van der Waals surface area contributed by atoms with Crippen LogP contribution in [0.1, 0.15) is 24.5 Å². The van der Waals surface area contributed by atoms with Gasteiger partial charge >= 0.3 is 0 Å². The summed E-state index contributed by atoms with van der Waals surface area (Å²) in [6.45, 7) is 2.29. The Bertz CT molecular complexity index is 517. The quantitative estimate of drug-likeness (QED) is 0.825. The van der Waals surface area contributed by atoms with E-state index in [2.05, 4.69) is 6.92 Å². The van der Waals surface area contributed by atoms with E-state index in [4.69, 9.17) is 10.5 Å². The monoisotopic (exact) mass is 259 g/mol. The molecule has 2 aromatic rings. The van der Waals surface area contributed by atoms with Crippen LogP contribution in [0.5, 0.6) is 5.75 Å². The van der Waals surface area contributed by atoms with E-state index in [-0.39, 0.29) is 12.4 Å². The lowest BCUT2D eigenvalue weighted by molar-refractivity contribution is 0.300. The van der Waals surface area contributed by atoms with Crippen LogP contribution in [-0.2, 0) is 13.0 Å². The van der Waals surface area contributed by atoms with Gasteiger partial charge in [0.2, 0.25) is 0 Å². The van der Waals surface area contributed by atoms with Gasteiger partial charge in [0.25, 0.3) is 0 Å². The standard InChI is InChI=1S/C16H18FNO/c1-2-4-12-7-9-13(10-8-12)19-11-14-15(17)5-3-6-16(14)18/h3,5-10H,2,4,11,18H2,1H3. The molecule has 2 rings (SSSR count). The molecule has 3 heteroatoms. The molecule has 0 fully saturated rings. The van der Waals surface area contributed by atoms with E-state index in [1.165, 1.54) is 11.6 Å². The van der Waals surface area contributed by atoms with E-state index in [1.54, 1.807) is 12.1 Å². The minimum Gasteiger partial charge on any atom is -0.489 e. The van der Waals surface area contributed by atoms with Crippen molar-refractivity contribution in [1.29, 1.82) is 0 Å². The van der Waals surface area contributed by atoms with E-state index < -0.39 is 0 Å². The average molecular weight is 259 g/mol. The van der Waals surface area contributed by atoms with Crippen LogP contribution in [0, 0.1) is 5.82 Å². The Morgan fingerprint density at radius 3 is 2.47 bits per heavy atom. The first-order valence-corrected chi connectivity index (χ1v) is 6.45. The number of anilines is 1. The third kappa shape index (κ3) is 3.47. The molecule has 2 aromatic carbocycles. The molecule has 0 bridgehead atoms. The Balaban J connectivity index is 2.02. The largest absolute Gasteiger partial charge is 0.489 e. The molecule has 2 nitrogen and oxygen atoms in total. The summed E-state index contributed by atoms with van der Waals surface area (Å²) >= 11 is 0. The number of rotatable bonds is 5. The van der Waals surface area contributed by atoms with Gasteiger partial charge < -0.3 is 10.5 Å². The normalized spacial score (nSPS) is 10.4. The van der Waals surface area contributed by atoms with Gasteiger partial charge in [0, 0.05) is 11.3 Å². The van der Waals surface area contributed by atoms with Gasteiger partial charge in [-0.25, -0.2) is 4.39 Å². The van der Waals surface area contributed by atoms with Crippen molar-refractivity contribution in [3.05, 3.63) is 59.4 Å². The van der Waals surface area contributed by atoms with Crippen molar-refractivity contribution in [3.63, 3.8) is 0 Å². The van der Waals surface area contributed by atoms with Crippen molar-refractivity contribution in [2.75, 3.05) is 5.73 Å². The maximum atomic E-state index is 13.6. The number of aryl methyl sites for hydroxylation is 1. The molecule has 0 atom stereocenters. The molecule has 0 unspecified atom stereocenters. The molecule has 0 heterocycles. The SMILES string of the molecule is CCCc1ccc(OCc2c(N)cccc2F)cc1. The Labute approximate surface area is 113 Å². The lowest BCUT2D eigenvalue weighted by Crippen LogP contribution is -2.03. The van der Waals surface area contributed by atoms with Crippen LogP contribution in [0.4, 0.5) is 10.1 Å². The first kappa shape index (κ1) is 13.4. The summed E-state index contributed by atoms with van der Waals surface area (Å²) in [5, 5.41) is 0. The summed E-state index contributed by atoms with van der Waals surface area (Å²) in [6.07, 6.45) is 2.17. The van der Waals surface area contributed by atoms with Crippen LogP contribution in [0.2, 0.25) is 0 Å². The van der Waals surface area contributed by atoms with E-state index in [0.29, 0.717) is 11.3 Å². The molecule has 0 aromatic heterocycles. The predicted octanol–water partition coefficient (Wildman–Crippen LogP) is 3.94. The van der Waals surface area contributed by atoms with Gasteiger partial charge in [0.05, 0.1) is 0 Å².